The standard InChI is InChI=1S/C7H13NO2.C3H6O3/c1-5(7(8)10)3-4-6(2)9;1-2(4)3(5)6/h3,6,9H,4H2,1-2H3,(H2,8,10);2,4H,1H3,(H,5,6). The van der Waals surface area contributed by atoms with E-state index in [1.165, 1.54) is 6.92 Å². The van der Waals surface area contributed by atoms with Gasteiger partial charge in [0.1, 0.15) is 6.10 Å². The largest absolute Gasteiger partial charge is 0.479 e. The second kappa shape index (κ2) is 8.87. The van der Waals surface area contributed by atoms with Crippen molar-refractivity contribution in [3.05, 3.63) is 11.6 Å². The lowest BCUT2D eigenvalue weighted by molar-refractivity contribution is -0.145. The maximum Gasteiger partial charge on any atom is 0.332 e. The Hall–Kier alpha value is -1.40. The maximum absolute atomic E-state index is 10.4. The molecule has 0 aromatic carbocycles. The number of nitrogens with two attached hydrogens (primary N) is 1. The van der Waals surface area contributed by atoms with Crippen LogP contribution in [0.3, 0.4) is 0 Å². The van der Waals surface area contributed by atoms with E-state index < -0.39 is 24.1 Å². The first-order valence-corrected chi connectivity index (χ1v) is 4.74. The maximum atomic E-state index is 10.4. The van der Waals surface area contributed by atoms with Gasteiger partial charge in [-0.05, 0) is 27.2 Å². The van der Waals surface area contributed by atoms with E-state index in [1.54, 1.807) is 19.9 Å². The number of rotatable bonds is 4. The minimum Gasteiger partial charge on any atom is -0.479 e. The average molecular weight is 233 g/mol. The molecule has 0 aromatic heterocycles. The molecule has 0 aliphatic carbocycles. The zero-order valence-electron chi connectivity index (χ0n) is 9.67. The number of carbonyl (C=O) groups excluding carboxylic acids is 1. The van der Waals surface area contributed by atoms with E-state index in [0.717, 1.165) is 0 Å². The number of aliphatic hydroxyl groups excluding tert-OH is 2. The summed E-state index contributed by atoms with van der Waals surface area (Å²) in [5.41, 5.74) is 5.43. The van der Waals surface area contributed by atoms with Gasteiger partial charge in [0.15, 0.2) is 0 Å². The molecule has 0 aliphatic rings. The number of amides is 1. The summed E-state index contributed by atoms with van der Waals surface area (Å²) in [5, 5.41) is 24.6. The van der Waals surface area contributed by atoms with Gasteiger partial charge in [-0.1, -0.05) is 6.08 Å². The summed E-state index contributed by atoms with van der Waals surface area (Å²) in [7, 11) is 0. The lowest BCUT2D eigenvalue weighted by atomic mass is 10.2. The summed E-state index contributed by atoms with van der Waals surface area (Å²) in [6.45, 7) is 4.48. The van der Waals surface area contributed by atoms with Crippen molar-refractivity contribution >= 4 is 11.9 Å². The zero-order chi connectivity index (χ0) is 13.3. The van der Waals surface area contributed by atoms with Gasteiger partial charge < -0.3 is 21.1 Å². The number of aliphatic carboxylic acids is 1. The molecule has 0 spiro atoms. The second-order valence-electron chi connectivity index (χ2n) is 3.35. The summed E-state index contributed by atoms with van der Waals surface area (Å²) in [5.74, 6) is -1.62. The number of carboxylic acid groups (broad SMARTS) is 1. The Kier molecular flexibility index (Phi) is 9.43. The number of hydrogen-bond donors (Lipinski definition) is 4. The number of carboxylic acids is 1. The normalized spacial score (nSPS) is 14.4. The van der Waals surface area contributed by atoms with Gasteiger partial charge in [0, 0.05) is 5.57 Å². The Morgan fingerprint density at radius 1 is 1.31 bits per heavy atom. The van der Waals surface area contributed by atoms with Gasteiger partial charge >= 0.3 is 5.97 Å². The molecule has 2 unspecified atom stereocenters. The predicted octanol–water partition coefficient (Wildman–Crippen LogP) is -0.359. The first kappa shape index (κ1) is 17.0. The summed E-state index contributed by atoms with van der Waals surface area (Å²) >= 11 is 0. The van der Waals surface area contributed by atoms with Crippen molar-refractivity contribution in [2.24, 2.45) is 5.73 Å². The Morgan fingerprint density at radius 3 is 1.88 bits per heavy atom. The van der Waals surface area contributed by atoms with Crippen LogP contribution in [0, 0.1) is 0 Å². The fourth-order valence-electron chi connectivity index (χ4n) is 0.448. The van der Waals surface area contributed by atoms with Crippen LogP contribution in [-0.4, -0.2) is 39.4 Å². The molecular formula is C10H19NO5. The molecule has 94 valence electrons. The van der Waals surface area contributed by atoms with Crippen molar-refractivity contribution in [2.45, 2.75) is 39.4 Å². The summed E-state index contributed by atoms with van der Waals surface area (Å²) in [4.78, 5) is 19.8. The highest BCUT2D eigenvalue weighted by molar-refractivity contribution is 5.91. The highest BCUT2D eigenvalue weighted by Gasteiger charge is 2.01. The van der Waals surface area contributed by atoms with Crippen LogP contribution in [0.5, 0.6) is 0 Å². The van der Waals surface area contributed by atoms with E-state index in [1.807, 2.05) is 0 Å². The monoisotopic (exact) mass is 233 g/mol. The Bertz CT molecular complexity index is 258. The van der Waals surface area contributed by atoms with E-state index in [2.05, 4.69) is 0 Å². The van der Waals surface area contributed by atoms with Gasteiger partial charge in [-0.25, -0.2) is 4.79 Å². The average Bonchev–Trinajstić information content (AvgIpc) is 2.14. The van der Waals surface area contributed by atoms with Crippen LogP contribution in [-0.2, 0) is 9.59 Å². The summed E-state index contributed by atoms with van der Waals surface area (Å²) in [6.07, 6.45) is 0.473. The molecule has 0 aromatic rings. The topological polar surface area (TPSA) is 121 Å². The number of primary amides is 1. The smallest absolute Gasteiger partial charge is 0.332 e. The third kappa shape index (κ3) is 12.6. The van der Waals surface area contributed by atoms with Gasteiger partial charge in [-0.2, -0.15) is 0 Å². The highest BCUT2D eigenvalue weighted by Crippen LogP contribution is 1.97. The molecule has 2 atom stereocenters. The molecule has 0 heterocycles. The minimum atomic E-state index is -1.23. The Labute approximate surface area is 94.4 Å². The lowest BCUT2D eigenvalue weighted by Gasteiger charge is -1.98. The van der Waals surface area contributed by atoms with Crippen molar-refractivity contribution in [3.63, 3.8) is 0 Å². The van der Waals surface area contributed by atoms with Crippen LogP contribution in [0.1, 0.15) is 27.2 Å². The van der Waals surface area contributed by atoms with Crippen LogP contribution in [0.2, 0.25) is 0 Å². The molecule has 1 amide bonds. The van der Waals surface area contributed by atoms with E-state index in [9.17, 15) is 9.59 Å². The molecule has 16 heavy (non-hydrogen) atoms. The third-order valence-electron chi connectivity index (χ3n) is 1.51. The van der Waals surface area contributed by atoms with Crippen LogP contribution in [0.25, 0.3) is 0 Å². The van der Waals surface area contributed by atoms with Crippen LogP contribution in [0.4, 0.5) is 0 Å². The van der Waals surface area contributed by atoms with Crippen molar-refractivity contribution in [1.82, 2.24) is 0 Å². The highest BCUT2D eigenvalue weighted by atomic mass is 16.4. The van der Waals surface area contributed by atoms with Crippen molar-refractivity contribution in [3.8, 4) is 0 Å². The first-order valence-electron chi connectivity index (χ1n) is 4.74. The van der Waals surface area contributed by atoms with Gasteiger partial charge in [-0.15, -0.1) is 0 Å². The molecule has 0 saturated carbocycles. The molecule has 0 bridgehead atoms. The molecule has 5 N–H and O–H groups in total. The van der Waals surface area contributed by atoms with Crippen molar-refractivity contribution in [2.75, 3.05) is 0 Å². The second-order valence-corrected chi connectivity index (χ2v) is 3.35. The van der Waals surface area contributed by atoms with E-state index in [4.69, 9.17) is 21.1 Å². The van der Waals surface area contributed by atoms with Gasteiger partial charge in [0.2, 0.25) is 5.91 Å². The van der Waals surface area contributed by atoms with E-state index in [-0.39, 0.29) is 0 Å². The van der Waals surface area contributed by atoms with Crippen molar-refractivity contribution in [1.29, 1.82) is 0 Å². The van der Waals surface area contributed by atoms with Crippen LogP contribution < -0.4 is 5.73 Å². The number of carbonyl (C=O) groups is 2. The fraction of sp³-hybridized carbons (Fsp3) is 0.600. The molecule has 6 nitrogen and oxygen atoms in total. The molecule has 0 fully saturated rings. The lowest BCUT2D eigenvalue weighted by Crippen LogP contribution is -2.13. The summed E-state index contributed by atoms with van der Waals surface area (Å²) < 4.78 is 0. The molecule has 0 radical (unpaired) electrons. The quantitative estimate of drug-likeness (QED) is 0.494. The zero-order valence-corrected chi connectivity index (χ0v) is 9.67. The molecule has 0 aliphatic heterocycles. The molecular weight excluding hydrogens is 214 g/mol. The third-order valence-corrected chi connectivity index (χ3v) is 1.51. The number of hydrogen-bond acceptors (Lipinski definition) is 4. The first-order chi connectivity index (χ1) is 7.18. The van der Waals surface area contributed by atoms with Crippen molar-refractivity contribution < 1.29 is 24.9 Å². The summed E-state index contributed by atoms with van der Waals surface area (Å²) in [6, 6.07) is 0. The fourth-order valence-corrected chi connectivity index (χ4v) is 0.448. The molecule has 6 heteroatoms. The SMILES string of the molecule is CC(=CCC(C)O)C(N)=O.CC(O)C(=O)O. The van der Waals surface area contributed by atoms with Gasteiger partial charge in [-0.3, -0.25) is 4.79 Å². The Morgan fingerprint density at radius 2 is 1.69 bits per heavy atom. The molecule has 0 saturated heterocycles. The molecule has 0 rings (SSSR count). The van der Waals surface area contributed by atoms with Gasteiger partial charge in [0.05, 0.1) is 6.10 Å². The van der Waals surface area contributed by atoms with E-state index >= 15 is 0 Å². The van der Waals surface area contributed by atoms with Crippen LogP contribution >= 0.6 is 0 Å². The van der Waals surface area contributed by atoms with Gasteiger partial charge in [0.25, 0.3) is 0 Å². The number of aliphatic hydroxyl groups is 2. The predicted molar refractivity (Wildman–Crippen MR) is 58.6 cm³/mol. The minimum absolute atomic E-state index is 0.408. The van der Waals surface area contributed by atoms with Crippen LogP contribution in [0.15, 0.2) is 11.6 Å². The van der Waals surface area contributed by atoms with E-state index in [0.29, 0.717) is 12.0 Å². The Balaban J connectivity index is 0.